The molecule has 0 aromatic carbocycles. The monoisotopic (exact) mass is 289 g/mol. The molecule has 1 fully saturated rings. The van der Waals surface area contributed by atoms with Crippen LogP contribution >= 0.6 is 12.2 Å². The minimum atomic E-state index is -0.600. The van der Waals surface area contributed by atoms with Crippen molar-refractivity contribution in [3.63, 3.8) is 0 Å². The molecule has 1 saturated heterocycles. The van der Waals surface area contributed by atoms with Gasteiger partial charge in [-0.3, -0.25) is 24.8 Å². The van der Waals surface area contributed by atoms with Crippen molar-refractivity contribution in [1.29, 1.82) is 0 Å². The summed E-state index contributed by atoms with van der Waals surface area (Å²) in [6.45, 7) is 3.72. The first-order valence-electron chi connectivity index (χ1n) is 5.67. The Balaban J connectivity index is 2.42. The molecule has 0 bridgehead atoms. The molecule has 0 saturated carbocycles. The summed E-state index contributed by atoms with van der Waals surface area (Å²) in [5.74, 6) is -1.25. The zero-order valence-corrected chi connectivity index (χ0v) is 11.2. The van der Waals surface area contributed by atoms with E-state index < -0.39 is 11.8 Å². The zero-order valence-electron chi connectivity index (χ0n) is 10.4. The van der Waals surface area contributed by atoms with Gasteiger partial charge in [0.15, 0.2) is 5.11 Å². The molecule has 2 amide bonds. The summed E-state index contributed by atoms with van der Waals surface area (Å²) in [7, 11) is 0. The first kappa shape index (κ1) is 13.9. The fourth-order valence-electron chi connectivity index (χ4n) is 1.66. The summed E-state index contributed by atoms with van der Waals surface area (Å²) < 4.78 is 0. The molecule has 0 unspecified atom stereocenters. The Bertz CT molecular complexity index is 640. The molecule has 6 nitrogen and oxygen atoms in total. The van der Waals surface area contributed by atoms with E-state index in [-0.39, 0.29) is 23.0 Å². The van der Waals surface area contributed by atoms with E-state index in [9.17, 15) is 14.7 Å². The van der Waals surface area contributed by atoms with Gasteiger partial charge in [-0.15, -0.1) is 6.58 Å². The van der Waals surface area contributed by atoms with Crippen LogP contribution in [0.3, 0.4) is 0 Å². The van der Waals surface area contributed by atoms with E-state index in [4.69, 9.17) is 12.2 Å². The molecule has 1 aliphatic rings. The summed E-state index contributed by atoms with van der Waals surface area (Å²) in [6.07, 6.45) is 5.48. The molecule has 1 aromatic heterocycles. The molecule has 102 valence electrons. The Morgan fingerprint density at radius 2 is 2.25 bits per heavy atom. The van der Waals surface area contributed by atoms with Crippen molar-refractivity contribution in [2.45, 2.75) is 0 Å². The highest BCUT2D eigenvalue weighted by atomic mass is 32.1. The summed E-state index contributed by atoms with van der Waals surface area (Å²) >= 11 is 4.93. The lowest BCUT2D eigenvalue weighted by Crippen LogP contribution is -2.53. The quantitative estimate of drug-likeness (QED) is 0.368. The number of aromatic hydroxyl groups is 1. The van der Waals surface area contributed by atoms with Crippen LogP contribution < -0.4 is 5.32 Å². The predicted molar refractivity (Wildman–Crippen MR) is 76.5 cm³/mol. The third-order valence-electron chi connectivity index (χ3n) is 2.63. The second-order valence-electron chi connectivity index (χ2n) is 3.96. The van der Waals surface area contributed by atoms with Crippen LogP contribution in [0.1, 0.15) is 5.56 Å². The number of rotatable bonds is 3. The topological polar surface area (TPSA) is 82.5 Å². The van der Waals surface area contributed by atoms with Crippen LogP contribution in [0.15, 0.2) is 36.7 Å². The van der Waals surface area contributed by atoms with Crippen molar-refractivity contribution in [1.82, 2.24) is 15.2 Å². The summed E-state index contributed by atoms with van der Waals surface area (Å²) in [5, 5.41) is 12.1. The lowest BCUT2D eigenvalue weighted by molar-refractivity contribution is -0.128. The number of carbonyl (C=O) groups excluding carboxylic acids is 2. The van der Waals surface area contributed by atoms with Crippen molar-refractivity contribution in [3.05, 3.63) is 42.3 Å². The van der Waals surface area contributed by atoms with Crippen molar-refractivity contribution >= 4 is 35.2 Å². The second kappa shape index (κ2) is 5.62. The molecule has 2 heterocycles. The van der Waals surface area contributed by atoms with Gasteiger partial charge in [-0.25, -0.2) is 0 Å². The van der Waals surface area contributed by atoms with Gasteiger partial charge in [-0.05, 0) is 24.4 Å². The van der Waals surface area contributed by atoms with Gasteiger partial charge in [0.25, 0.3) is 11.8 Å². The number of nitrogens with zero attached hydrogens (tertiary/aromatic N) is 2. The van der Waals surface area contributed by atoms with E-state index in [1.54, 1.807) is 0 Å². The van der Waals surface area contributed by atoms with Crippen LogP contribution in [0, 0.1) is 0 Å². The molecule has 1 aromatic rings. The van der Waals surface area contributed by atoms with Crippen molar-refractivity contribution < 1.29 is 14.7 Å². The van der Waals surface area contributed by atoms with Crippen molar-refractivity contribution in [3.8, 4) is 5.75 Å². The Kier molecular flexibility index (Phi) is 3.90. The summed E-state index contributed by atoms with van der Waals surface area (Å²) in [6, 6.07) is 1.49. The second-order valence-corrected chi connectivity index (χ2v) is 4.34. The molecule has 2 N–H and O–H groups in total. The molecular weight excluding hydrogens is 278 g/mol. The van der Waals surface area contributed by atoms with E-state index in [0.717, 1.165) is 0 Å². The first-order valence-corrected chi connectivity index (χ1v) is 6.08. The maximum atomic E-state index is 12.2. The van der Waals surface area contributed by atoms with Gasteiger partial charge in [0.1, 0.15) is 11.3 Å². The fourth-order valence-corrected chi connectivity index (χ4v) is 1.91. The van der Waals surface area contributed by atoms with Gasteiger partial charge in [0, 0.05) is 18.3 Å². The highest BCUT2D eigenvalue weighted by Gasteiger charge is 2.32. The maximum absolute atomic E-state index is 12.2. The normalized spacial score (nSPS) is 17.3. The smallest absolute Gasteiger partial charge is 0.265 e. The zero-order chi connectivity index (χ0) is 14.7. The highest BCUT2D eigenvalue weighted by Crippen LogP contribution is 2.20. The number of hydrogen-bond donors (Lipinski definition) is 2. The largest absolute Gasteiger partial charge is 0.506 e. The maximum Gasteiger partial charge on any atom is 0.265 e. The minimum absolute atomic E-state index is 0.0380. The lowest BCUT2D eigenvalue weighted by Gasteiger charge is -2.27. The fraction of sp³-hybridized carbons (Fsp3) is 0.0769. The van der Waals surface area contributed by atoms with Gasteiger partial charge < -0.3 is 5.11 Å². The van der Waals surface area contributed by atoms with E-state index in [1.807, 2.05) is 0 Å². The predicted octanol–water partition coefficient (Wildman–Crippen LogP) is 0.600. The number of pyridine rings is 1. The first-order chi connectivity index (χ1) is 9.54. The standard InChI is InChI=1S/C13H11N3O3S/c1-2-5-16-12(19)9(11(18)15-13(16)20)6-8-3-4-14-7-10(8)17/h2-4,6-7,17H,1,5H2,(H,15,18,20). The van der Waals surface area contributed by atoms with E-state index in [2.05, 4.69) is 16.9 Å². The molecule has 0 aliphatic carbocycles. The number of amides is 2. The van der Waals surface area contributed by atoms with Crippen molar-refractivity contribution in [2.24, 2.45) is 0 Å². The van der Waals surface area contributed by atoms with Gasteiger partial charge in [0.2, 0.25) is 0 Å². The lowest BCUT2D eigenvalue weighted by atomic mass is 10.1. The van der Waals surface area contributed by atoms with Crippen LogP contribution in [0.2, 0.25) is 0 Å². The molecule has 0 atom stereocenters. The van der Waals surface area contributed by atoms with E-state index in [1.165, 1.54) is 35.5 Å². The van der Waals surface area contributed by atoms with Crippen LogP contribution in [0.5, 0.6) is 5.75 Å². The Morgan fingerprint density at radius 3 is 2.90 bits per heavy atom. The van der Waals surface area contributed by atoms with Crippen LogP contribution in [-0.4, -0.2) is 38.5 Å². The minimum Gasteiger partial charge on any atom is -0.506 e. The number of nitrogens with one attached hydrogen (secondary N) is 1. The molecule has 1 aliphatic heterocycles. The molecular formula is C13H11N3O3S. The number of hydrogen-bond acceptors (Lipinski definition) is 5. The molecule has 0 radical (unpaired) electrons. The number of aromatic nitrogens is 1. The molecule has 7 heteroatoms. The SMILES string of the molecule is C=CCN1C(=O)C(=Cc2ccncc2O)C(=O)NC1=S. The van der Waals surface area contributed by atoms with Gasteiger partial charge >= 0.3 is 0 Å². The van der Waals surface area contributed by atoms with E-state index >= 15 is 0 Å². The number of carbonyl (C=O) groups is 2. The average Bonchev–Trinajstić information content (AvgIpc) is 2.41. The molecule has 2 rings (SSSR count). The van der Waals surface area contributed by atoms with E-state index in [0.29, 0.717) is 5.56 Å². The van der Waals surface area contributed by atoms with Crippen molar-refractivity contribution in [2.75, 3.05) is 6.54 Å². The Hall–Kier alpha value is -2.54. The van der Waals surface area contributed by atoms with Gasteiger partial charge in [-0.1, -0.05) is 6.08 Å². The Labute approximate surface area is 120 Å². The van der Waals surface area contributed by atoms with Crippen LogP contribution in [-0.2, 0) is 9.59 Å². The van der Waals surface area contributed by atoms with Crippen LogP contribution in [0.4, 0.5) is 0 Å². The third kappa shape index (κ3) is 2.57. The summed E-state index contributed by atoms with van der Waals surface area (Å²) in [5.41, 5.74) is 0.215. The third-order valence-corrected chi connectivity index (χ3v) is 2.95. The van der Waals surface area contributed by atoms with Crippen LogP contribution in [0.25, 0.3) is 6.08 Å². The van der Waals surface area contributed by atoms with Gasteiger partial charge in [-0.2, -0.15) is 0 Å². The highest BCUT2D eigenvalue weighted by molar-refractivity contribution is 7.80. The molecule has 0 spiro atoms. The average molecular weight is 289 g/mol. The van der Waals surface area contributed by atoms with Gasteiger partial charge in [0.05, 0.1) is 6.20 Å². The summed E-state index contributed by atoms with van der Waals surface area (Å²) in [4.78, 5) is 29.0. The molecule has 20 heavy (non-hydrogen) atoms. The Morgan fingerprint density at radius 1 is 1.50 bits per heavy atom. The number of thiocarbonyl (C=S) groups is 1.